The summed E-state index contributed by atoms with van der Waals surface area (Å²) in [6, 6.07) is 0. The first-order valence-corrected chi connectivity index (χ1v) is 9.04. The van der Waals surface area contributed by atoms with Crippen LogP contribution in [0.25, 0.3) is 0 Å². The Morgan fingerprint density at radius 1 is 1.00 bits per heavy atom. The van der Waals surface area contributed by atoms with Gasteiger partial charge in [-0.3, -0.25) is 9.59 Å². The van der Waals surface area contributed by atoms with E-state index in [9.17, 15) is 14.7 Å². The number of carbonyl (C=O) groups excluding carboxylic acids is 1. The number of carboxylic acids is 1. The molecule has 23 heavy (non-hydrogen) atoms. The number of aliphatic carboxylic acids is 1. The van der Waals surface area contributed by atoms with Crippen molar-refractivity contribution >= 4 is 11.8 Å². The number of aliphatic hydroxyl groups is 1. The van der Waals surface area contributed by atoms with Crippen LogP contribution in [0.2, 0.25) is 0 Å². The van der Waals surface area contributed by atoms with Crippen LogP contribution in [0.15, 0.2) is 12.2 Å². The number of aliphatic hydroxyl groups excluding tert-OH is 1. The Bertz CT molecular complexity index is 349. The number of hydrogen-bond donors (Lipinski definition) is 2. The molecule has 0 bridgehead atoms. The zero-order chi connectivity index (χ0) is 17.5. The van der Waals surface area contributed by atoms with Crippen molar-refractivity contribution in [3.05, 3.63) is 12.2 Å². The largest absolute Gasteiger partial charge is 0.481 e. The molecule has 0 aromatic carbocycles. The molecule has 4 heteroatoms. The molecule has 0 spiro atoms. The molecule has 0 fully saturated rings. The van der Waals surface area contributed by atoms with E-state index < -0.39 is 12.1 Å². The number of allylic oxidation sites excluding steroid dienone is 1. The molecule has 0 heterocycles. The van der Waals surface area contributed by atoms with Crippen LogP contribution >= 0.6 is 0 Å². The Morgan fingerprint density at radius 2 is 1.65 bits per heavy atom. The molecule has 2 atom stereocenters. The molecule has 0 rings (SSSR count). The van der Waals surface area contributed by atoms with E-state index in [1.807, 2.05) is 12.2 Å². The normalized spacial score (nSPS) is 14.0. The molecule has 4 nitrogen and oxygen atoms in total. The SMILES string of the molecule is CCCCCC(O)/C=C/CC(CCCCCCC(=O)O)C(C)=O. The molecular formula is C19H34O4. The van der Waals surface area contributed by atoms with Crippen LogP contribution < -0.4 is 0 Å². The maximum absolute atomic E-state index is 11.7. The topological polar surface area (TPSA) is 74.6 Å². The summed E-state index contributed by atoms with van der Waals surface area (Å²) < 4.78 is 0. The van der Waals surface area contributed by atoms with Crippen molar-refractivity contribution in [1.82, 2.24) is 0 Å². The first-order valence-electron chi connectivity index (χ1n) is 9.04. The molecule has 0 aliphatic carbocycles. The molecule has 0 saturated carbocycles. The predicted molar refractivity (Wildman–Crippen MR) is 93.4 cm³/mol. The van der Waals surface area contributed by atoms with Crippen LogP contribution in [0.4, 0.5) is 0 Å². The average molecular weight is 326 g/mol. The van der Waals surface area contributed by atoms with Crippen molar-refractivity contribution < 1.29 is 19.8 Å². The fourth-order valence-electron chi connectivity index (χ4n) is 2.61. The summed E-state index contributed by atoms with van der Waals surface area (Å²) in [6.07, 6.45) is 12.8. The lowest BCUT2D eigenvalue weighted by Crippen LogP contribution is -2.10. The van der Waals surface area contributed by atoms with Gasteiger partial charge in [0.25, 0.3) is 0 Å². The summed E-state index contributed by atoms with van der Waals surface area (Å²) in [5.41, 5.74) is 0. The van der Waals surface area contributed by atoms with Gasteiger partial charge in [0.1, 0.15) is 5.78 Å². The van der Waals surface area contributed by atoms with Crippen molar-refractivity contribution in [2.45, 2.75) is 90.6 Å². The van der Waals surface area contributed by atoms with Crippen LogP contribution in [0, 0.1) is 5.92 Å². The molecule has 0 aliphatic rings. The second-order valence-corrected chi connectivity index (χ2v) is 6.38. The Morgan fingerprint density at radius 3 is 2.26 bits per heavy atom. The van der Waals surface area contributed by atoms with Crippen molar-refractivity contribution in [3.8, 4) is 0 Å². The van der Waals surface area contributed by atoms with E-state index in [2.05, 4.69) is 6.92 Å². The van der Waals surface area contributed by atoms with Gasteiger partial charge in [-0.15, -0.1) is 0 Å². The van der Waals surface area contributed by atoms with Gasteiger partial charge in [-0.25, -0.2) is 0 Å². The molecule has 134 valence electrons. The standard InChI is InChI=1S/C19H34O4/c1-3-4-7-13-18(21)14-10-12-17(16(2)20)11-8-5-6-9-15-19(22)23/h10,14,17-18,21H,3-9,11-13,15H2,1-2H3,(H,22,23)/b14-10+. The van der Waals surface area contributed by atoms with E-state index in [-0.39, 0.29) is 18.1 Å². The van der Waals surface area contributed by atoms with Gasteiger partial charge in [0.15, 0.2) is 0 Å². The Balaban J connectivity index is 3.89. The zero-order valence-corrected chi connectivity index (χ0v) is 14.8. The average Bonchev–Trinajstić information content (AvgIpc) is 2.48. The smallest absolute Gasteiger partial charge is 0.303 e. The van der Waals surface area contributed by atoms with Gasteiger partial charge in [-0.05, 0) is 32.6 Å². The third kappa shape index (κ3) is 14.2. The number of rotatable bonds is 15. The summed E-state index contributed by atoms with van der Waals surface area (Å²) >= 11 is 0. The maximum Gasteiger partial charge on any atom is 0.303 e. The first kappa shape index (κ1) is 21.8. The van der Waals surface area contributed by atoms with Crippen molar-refractivity contribution in [3.63, 3.8) is 0 Å². The third-order valence-electron chi connectivity index (χ3n) is 4.15. The van der Waals surface area contributed by atoms with Crippen LogP contribution in [0.3, 0.4) is 0 Å². The first-order chi connectivity index (χ1) is 11.0. The number of unbranched alkanes of at least 4 members (excludes halogenated alkanes) is 5. The molecule has 0 radical (unpaired) electrons. The number of ketones is 1. The number of carboxylic acid groups (broad SMARTS) is 1. The lowest BCUT2D eigenvalue weighted by atomic mass is 9.93. The van der Waals surface area contributed by atoms with Crippen LogP contribution in [0.1, 0.15) is 84.5 Å². The predicted octanol–water partition coefficient (Wildman–Crippen LogP) is 4.50. The zero-order valence-electron chi connectivity index (χ0n) is 14.8. The van der Waals surface area contributed by atoms with Gasteiger partial charge in [-0.2, -0.15) is 0 Å². The van der Waals surface area contributed by atoms with Crippen LogP contribution in [0.5, 0.6) is 0 Å². The van der Waals surface area contributed by atoms with Gasteiger partial charge >= 0.3 is 5.97 Å². The van der Waals surface area contributed by atoms with Crippen LogP contribution in [-0.2, 0) is 9.59 Å². The quantitative estimate of drug-likeness (QED) is 0.343. The number of carbonyl (C=O) groups is 2. The maximum atomic E-state index is 11.7. The lowest BCUT2D eigenvalue weighted by molar-refractivity contribution is -0.137. The highest BCUT2D eigenvalue weighted by Gasteiger charge is 2.12. The highest BCUT2D eigenvalue weighted by molar-refractivity contribution is 5.78. The van der Waals surface area contributed by atoms with E-state index in [4.69, 9.17) is 5.11 Å². The highest BCUT2D eigenvalue weighted by Crippen LogP contribution is 2.17. The molecule has 0 aromatic heterocycles. The molecule has 2 N–H and O–H groups in total. The fraction of sp³-hybridized carbons (Fsp3) is 0.789. The lowest BCUT2D eigenvalue weighted by Gasteiger charge is -2.11. The van der Waals surface area contributed by atoms with Crippen molar-refractivity contribution in [2.24, 2.45) is 5.92 Å². The van der Waals surface area contributed by atoms with Gasteiger partial charge in [-0.1, -0.05) is 57.6 Å². The summed E-state index contributed by atoms with van der Waals surface area (Å²) in [5.74, 6) is -0.525. The van der Waals surface area contributed by atoms with Crippen LogP contribution in [-0.4, -0.2) is 28.1 Å². The van der Waals surface area contributed by atoms with Crippen molar-refractivity contribution in [1.29, 1.82) is 0 Å². The summed E-state index contributed by atoms with van der Waals surface area (Å²) in [5, 5.41) is 18.4. The second kappa shape index (κ2) is 14.4. The van der Waals surface area contributed by atoms with Gasteiger partial charge < -0.3 is 10.2 Å². The second-order valence-electron chi connectivity index (χ2n) is 6.38. The van der Waals surface area contributed by atoms with E-state index in [1.54, 1.807) is 6.92 Å². The highest BCUT2D eigenvalue weighted by atomic mass is 16.4. The molecule has 0 saturated heterocycles. The van der Waals surface area contributed by atoms with E-state index in [1.165, 1.54) is 0 Å². The Hall–Kier alpha value is -1.16. The summed E-state index contributed by atoms with van der Waals surface area (Å²) in [6.45, 7) is 3.77. The Kier molecular flexibility index (Phi) is 13.7. The fourth-order valence-corrected chi connectivity index (χ4v) is 2.61. The van der Waals surface area contributed by atoms with Gasteiger partial charge in [0.2, 0.25) is 0 Å². The van der Waals surface area contributed by atoms with E-state index >= 15 is 0 Å². The van der Waals surface area contributed by atoms with E-state index in [0.29, 0.717) is 12.8 Å². The molecule has 2 unspecified atom stereocenters. The number of hydrogen-bond acceptors (Lipinski definition) is 3. The minimum absolute atomic E-state index is 0.0218. The van der Waals surface area contributed by atoms with Gasteiger partial charge in [0, 0.05) is 12.3 Å². The van der Waals surface area contributed by atoms with Crippen molar-refractivity contribution in [2.75, 3.05) is 0 Å². The van der Waals surface area contributed by atoms with E-state index in [0.717, 1.165) is 51.4 Å². The molecule has 0 amide bonds. The molecular weight excluding hydrogens is 292 g/mol. The minimum atomic E-state index is -0.741. The van der Waals surface area contributed by atoms with Gasteiger partial charge in [0.05, 0.1) is 6.10 Å². The minimum Gasteiger partial charge on any atom is -0.481 e. The Labute approximate surface area is 141 Å². The number of Topliss-reactive ketones (excluding diaryl/α,β-unsaturated/α-hetero) is 1. The molecule has 0 aromatic rings. The summed E-state index contributed by atoms with van der Waals surface area (Å²) in [4.78, 5) is 22.1. The monoisotopic (exact) mass is 326 g/mol. The molecule has 0 aliphatic heterocycles. The summed E-state index contributed by atoms with van der Waals surface area (Å²) in [7, 11) is 0. The third-order valence-corrected chi connectivity index (χ3v) is 4.15.